The van der Waals surface area contributed by atoms with Gasteiger partial charge in [0.1, 0.15) is 5.75 Å². The quantitative estimate of drug-likeness (QED) is 0.922. The standard InChI is InChI=1S/C17H25N3O3/c1-4-7-18-17(22)20-10-8-19(9-11-20)16(21)14-12-13(2)5-6-15(14)23-3/h5-6,12H,4,7-11H2,1-3H3,(H,18,22). The Bertz CT molecular complexity index is 566. The molecule has 2 rings (SSSR count). The van der Waals surface area contributed by atoms with Crippen molar-refractivity contribution >= 4 is 11.9 Å². The van der Waals surface area contributed by atoms with Crippen molar-refractivity contribution in [3.8, 4) is 5.75 Å². The Morgan fingerprint density at radius 1 is 1.17 bits per heavy atom. The molecule has 1 saturated heterocycles. The summed E-state index contributed by atoms with van der Waals surface area (Å²) in [5.41, 5.74) is 1.60. The van der Waals surface area contributed by atoms with Gasteiger partial charge in [-0.25, -0.2) is 4.79 Å². The number of piperazine rings is 1. The van der Waals surface area contributed by atoms with Crippen LogP contribution >= 0.6 is 0 Å². The van der Waals surface area contributed by atoms with E-state index in [4.69, 9.17) is 4.74 Å². The lowest BCUT2D eigenvalue weighted by molar-refractivity contribution is 0.0662. The molecular formula is C17H25N3O3. The minimum absolute atomic E-state index is 0.0424. The predicted octanol–water partition coefficient (Wildman–Crippen LogP) is 1.88. The first-order valence-corrected chi connectivity index (χ1v) is 8.03. The first-order valence-electron chi connectivity index (χ1n) is 8.03. The Kier molecular flexibility index (Phi) is 5.84. The molecule has 1 fully saturated rings. The summed E-state index contributed by atoms with van der Waals surface area (Å²) < 4.78 is 5.29. The molecule has 1 aromatic rings. The van der Waals surface area contributed by atoms with Gasteiger partial charge in [0, 0.05) is 32.7 Å². The first-order chi connectivity index (χ1) is 11.1. The van der Waals surface area contributed by atoms with E-state index in [9.17, 15) is 9.59 Å². The summed E-state index contributed by atoms with van der Waals surface area (Å²) in [7, 11) is 1.57. The molecule has 0 atom stereocenters. The molecule has 1 heterocycles. The van der Waals surface area contributed by atoms with Crippen LogP contribution in [-0.2, 0) is 0 Å². The van der Waals surface area contributed by atoms with Crippen LogP contribution in [0.5, 0.6) is 5.75 Å². The summed E-state index contributed by atoms with van der Waals surface area (Å²) in [5.74, 6) is 0.544. The number of aryl methyl sites for hydroxylation is 1. The second-order valence-corrected chi connectivity index (χ2v) is 5.71. The highest BCUT2D eigenvalue weighted by Crippen LogP contribution is 2.22. The van der Waals surface area contributed by atoms with Gasteiger partial charge in [-0.1, -0.05) is 18.6 Å². The van der Waals surface area contributed by atoms with Crippen molar-refractivity contribution in [2.24, 2.45) is 0 Å². The topological polar surface area (TPSA) is 61.9 Å². The van der Waals surface area contributed by atoms with Gasteiger partial charge in [-0.3, -0.25) is 4.79 Å². The van der Waals surface area contributed by atoms with Crippen LogP contribution in [0.2, 0.25) is 0 Å². The van der Waals surface area contributed by atoms with E-state index in [0.29, 0.717) is 44.0 Å². The molecule has 6 heteroatoms. The van der Waals surface area contributed by atoms with E-state index >= 15 is 0 Å². The summed E-state index contributed by atoms with van der Waals surface area (Å²) >= 11 is 0. The number of rotatable bonds is 4. The molecule has 0 bridgehead atoms. The third kappa shape index (κ3) is 4.15. The first kappa shape index (κ1) is 17.1. The van der Waals surface area contributed by atoms with E-state index in [1.807, 2.05) is 32.0 Å². The van der Waals surface area contributed by atoms with Gasteiger partial charge in [-0.2, -0.15) is 0 Å². The predicted molar refractivity (Wildman–Crippen MR) is 88.9 cm³/mol. The van der Waals surface area contributed by atoms with E-state index in [1.165, 1.54) is 0 Å². The molecule has 0 aromatic heterocycles. The molecule has 0 radical (unpaired) electrons. The molecule has 0 aliphatic carbocycles. The Balaban J connectivity index is 1.99. The van der Waals surface area contributed by atoms with Gasteiger partial charge in [0.2, 0.25) is 0 Å². The number of hydrogen-bond donors (Lipinski definition) is 1. The van der Waals surface area contributed by atoms with E-state index < -0.39 is 0 Å². The van der Waals surface area contributed by atoms with Crippen molar-refractivity contribution in [2.45, 2.75) is 20.3 Å². The normalized spacial score (nSPS) is 14.6. The number of carbonyl (C=O) groups is 2. The van der Waals surface area contributed by atoms with Crippen molar-refractivity contribution < 1.29 is 14.3 Å². The van der Waals surface area contributed by atoms with Gasteiger partial charge >= 0.3 is 6.03 Å². The minimum atomic E-state index is -0.0490. The molecule has 23 heavy (non-hydrogen) atoms. The van der Waals surface area contributed by atoms with E-state index in [2.05, 4.69) is 5.32 Å². The summed E-state index contributed by atoms with van der Waals surface area (Å²) in [6.45, 7) is 6.83. The maximum absolute atomic E-state index is 12.7. The SMILES string of the molecule is CCCNC(=O)N1CCN(C(=O)c2cc(C)ccc2OC)CC1. The molecule has 0 unspecified atom stereocenters. The lowest BCUT2D eigenvalue weighted by Crippen LogP contribution is -2.53. The van der Waals surface area contributed by atoms with Gasteiger partial charge in [0.25, 0.3) is 5.91 Å². The Morgan fingerprint density at radius 2 is 1.83 bits per heavy atom. The number of amides is 3. The van der Waals surface area contributed by atoms with Crippen LogP contribution in [0, 0.1) is 6.92 Å². The molecule has 1 aromatic carbocycles. The highest BCUT2D eigenvalue weighted by molar-refractivity contribution is 5.97. The van der Waals surface area contributed by atoms with E-state index in [-0.39, 0.29) is 11.9 Å². The number of ether oxygens (including phenoxy) is 1. The molecular weight excluding hydrogens is 294 g/mol. The van der Waals surface area contributed by atoms with E-state index in [0.717, 1.165) is 12.0 Å². The fourth-order valence-corrected chi connectivity index (χ4v) is 2.62. The molecule has 126 valence electrons. The summed E-state index contributed by atoms with van der Waals surface area (Å²) in [4.78, 5) is 28.2. The number of hydrogen-bond acceptors (Lipinski definition) is 3. The average molecular weight is 319 g/mol. The van der Waals surface area contributed by atoms with Crippen LogP contribution in [0.25, 0.3) is 0 Å². The van der Waals surface area contributed by atoms with Crippen molar-refractivity contribution in [1.29, 1.82) is 0 Å². The zero-order valence-electron chi connectivity index (χ0n) is 14.1. The van der Waals surface area contributed by atoms with Crippen LogP contribution in [0.3, 0.4) is 0 Å². The number of benzene rings is 1. The zero-order valence-corrected chi connectivity index (χ0v) is 14.1. The maximum atomic E-state index is 12.7. The second kappa shape index (κ2) is 7.85. The Labute approximate surface area is 137 Å². The largest absolute Gasteiger partial charge is 0.496 e. The molecule has 6 nitrogen and oxygen atoms in total. The number of nitrogens with one attached hydrogen (secondary N) is 1. The van der Waals surface area contributed by atoms with Crippen LogP contribution < -0.4 is 10.1 Å². The molecule has 1 aliphatic rings. The van der Waals surface area contributed by atoms with Crippen molar-refractivity contribution in [3.63, 3.8) is 0 Å². The number of nitrogens with zero attached hydrogens (tertiary/aromatic N) is 2. The zero-order chi connectivity index (χ0) is 16.8. The molecule has 1 aliphatic heterocycles. The summed E-state index contributed by atoms with van der Waals surface area (Å²) in [5, 5.41) is 2.87. The van der Waals surface area contributed by atoms with Crippen molar-refractivity contribution in [3.05, 3.63) is 29.3 Å². The van der Waals surface area contributed by atoms with Crippen LogP contribution in [0.4, 0.5) is 4.79 Å². The van der Waals surface area contributed by atoms with Gasteiger partial charge in [0.15, 0.2) is 0 Å². The number of methoxy groups -OCH3 is 1. The molecule has 3 amide bonds. The fourth-order valence-electron chi connectivity index (χ4n) is 2.62. The van der Waals surface area contributed by atoms with Gasteiger partial charge < -0.3 is 19.9 Å². The van der Waals surface area contributed by atoms with E-state index in [1.54, 1.807) is 16.9 Å². The lowest BCUT2D eigenvalue weighted by Gasteiger charge is -2.35. The van der Waals surface area contributed by atoms with Crippen LogP contribution in [0.1, 0.15) is 29.3 Å². The number of urea groups is 1. The summed E-state index contributed by atoms with van der Waals surface area (Å²) in [6, 6.07) is 5.54. The third-order valence-corrected chi connectivity index (χ3v) is 3.97. The monoisotopic (exact) mass is 319 g/mol. The Hall–Kier alpha value is -2.24. The van der Waals surface area contributed by atoms with Gasteiger partial charge in [0.05, 0.1) is 12.7 Å². The second-order valence-electron chi connectivity index (χ2n) is 5.71. The van der Waals surface area contributed by atoms with Crippen molar-refractivity contribution in [1.82, 2.24) is 15.1 Å². The number of carbonyl (C=O) groups excluding carboxylic acids is 2. The minimum Gasteiger partial charge on any atom is -0.496 e. The average Bonchev–Trinajstić information content (AvgIpc) is 2.59. The molecule has 0 saturated carbocycles. The Morgan fingerprint density at radius 3 is 2.43 bits per heavy atom. The fraction of sp³-hybridized carbons (Fsp3) is 0.529. The van der Waals surface area contributed by atoms with Gasteiger partial charge in [-0.15, -0.1) is 0 Å². The molecule has 0 spiro atoms. The highest BCUT2D eigenvalue weighted by Gasteiger charge is 2.26. The highest BCUT2D eigenvalue weighted by atomic mass is 16.5. The lowest BCUT2D eigenvalue weighted by atomic mass is 10.1. The van der Waals surface area contributed by atoms with Gasteiger partial charge in [-0.05, 0) is 25.5 Å². The maximum Gasteiger partial charge on any atom is 0.317 e. The van der Waals surface area contributed by atoms with Crippen LogP contribution in [0.15, 0.2) is 18.2 Å². The smallest absolute Gasteiger partial charge is 0.317 e. The van der Waals surface area contributed by atoms with Crippen LogP contribution in [-0.4, -0.2) is 61.6 Å². The van der Waals surface area contributed by atoms with Crippen molar-refractivity contribution in [2.75, 3.05) is 39.8 Å². The summed E-state index contributed by atoms with van der Waals surface area (Å²) in [6.07, 6.45) is 0.914. The third-order valence-electron chi connectivity index (χ3n) is 3.97. The molecule has 1 N–H and O–H groups in total.